The van der Waals surface area contributed by atoms with Gasteiger partial charge in [-0.05, 0) is 42.3 Å². The number of anilines is 1. The first-order chi connectivity index (χ1) is 11.7. The summed E-state index contributed by atoms with van der Waals surface area (Å²) in [4.78, 5) is 23.6. The van der Waals surface area contributed by atoms with E-state index in [1.165, 1.54) is 0 Å². The van der Waals surface area contributed by atoms with Crippen LogP contribution in [0.2, 0.25) is 0 Å². The Morgan fingerprint density at radius 3 is 3.00 bits per heavy atom. The van der Waals surface area contributed by atoms with Gasteiger partial charge in [0, 0.05) is 12.1 Å². The molecule has 2 amide bonds. The summed E-state index contributed by atoms with van der Waals surface area (Å²) in [7, 11) is 1.62. The van der Waals surface area contributed by atoms with Crippen LogP contribution < -0.4 is 20.1 Å². The van der Waals surface area contributed by atoms with Crippen LogP contribution in [0.4, 0.5) is 5.69 Å². The van der Waals surface area contributed by atoms with Crippen molar-refractivity contribution in [2.45, 2.75) is 6.42 Å². The van der Waals surface area contributed by atoms with Crippen molar-refractivity contribution in [3.63, 3.8) is 0 Å². The lowest BCUT2D eigenvalue weighted by molar-refractivity contribution is -0.118. The molecule has 0 radical (unpaired) electrons. The largest absolute Gasteiger partial charge is 0.497 e. The van der Waals surface area contributed by atoms with Gasteiger partial charge in [-0.1, -0.05) is 12.1 Å². The van der Waals surface area contributed by atoms with Gasteiger partial charge in [-0.2, -0.15) is 0 Å². The van der Waals surface area contributed by atoms with Crippen LogP contribution in [-0.4, -0.2) is 32.1 Å². The number of benzene rings is 2. The van der Waals surface area contributed by atoms with Crippen molar-refractivity contribution in [1.82, 2.24) is 5.32 Å². The lowest BCUT2D eigenvalue weighted by Gasteiger charge is -2.18. The van der Waals surface area contributed by atoms with E-state index in [9.17, 15) is 9.59 Å². The number of nitrogens with one attached hydrogen (secondary N) is 2. The second-order valence-electron chi connectivity index (χ2n) is 5.41. The Kier molecular flexibility index (Phi) is 4.65. The fraction of sp³-hybridized carbons (Fsp3) is 0.222. The van der Waals surface area contributed by atoms with Gasteiger partial charge in [0.15, 0.2) is 6.61 Å². The molecular formula is C18H18N2O4. The van der Waals surface area contributed by atoms with Gasteiger partial charge >= 0.3 is 0 Å². The second kappa shape index (κ2) is 7.04. The number of hydrogen-bond donors (Lipinski definition) is 2. The number of rotatable bonds is 5. The predicted molar refractivity (Wildman–Crippen MR) is 89.6 cm³/mol. The molecule has 0 saturated heterocycles. The molecule has 0 aromatic heterocycles. The van der Waals surface area contributed by atoms with E-state index in [4.69, 9.17) is 9.47 Å². The Morgan fingerprint density at radius 2 is 2.17 bits per heavy atom. The van der Waals surface area contributed by atoms with Gasteiger partial charge in [0.05, 0.1) is 12.8 Å². The van der Waals surface area contributed by atoms with Gasteiger partial charge in [-0.15, -0.1) is 0 Å². The van der Waals surface area contributed by atoms with E-state index >= 15 is 0 Å². The summed E-state index contributed by atoms with van der Waals surface area (Å²) in [5.41, 5.74) is 2.08. The molecule has 1 aliphatic rings. The highest BCUT2D eigenvalue weighted by atomic mass is 16.5. The lowest BCUT2D eigenvalue weighted by atomic mass is 10.1. The summed E-state index contributed by atoms with van der Waals surface area (Å²) in [6, 6.07) is 12.7. The molecule has 0 fully saturated rings. The van der Waals surface area contributed by atoms with E-state index in [2.05, 4.69) is 10.6 Å². The molecule has 0 saturated carbocycles. The monoisotopic (exact) mass is 326 g/mol. The highest BCUT2D eigenvalue weighted by molar-refractivity contribution is 5.99. The van der Waals surface area contributed by atoms with Crippen molar-refractivity contribution < 1.29 is 19.1 Å². The molecule has 0 bridgehead atoms. The molecular weight excluding hydrogens is 308 g/mol. The zero-order valence-electron chi connectivity index (χ0n) is 13.3. The molecule has 6 heteroatoms. The quantitative estimate of drug-likeness (QED) is 0.881. The first-order valence-corrected chi connectivity index (χ1v) is 7.63. The van der Waals surface area contributed by atoms with Crippen molar-refractivity contribution in [3.8, 4) is 11.5 Å². The molecule has 1 heterocycles. The van der Waals surface area contributed by atoms with E-state index in [1.807, 2.05) is 24.3 Å². The average molecular weight is 326 g/mol. The topological polar surface area (TPSA) is 76.7 Å². The normalized spacial score (nSPS) is 12.6. The Balaban J connectivity index is 1.59. The molecule has 0 spiro atoms. The van der Waals surface area contributed by atoms with Gasteiger partial charge < -0.3 is 20.1 Å². The number of hydrogen-bond acceptors (Lipinski definition) is 4. The first kappa shape index (κ1) is 15.9. The van der Waals surface area contributed by atoms with Gasteiger partial charge in [0.25, 0.3) is 11.8 Å². The number of amides is 2. The molecule has 6 nitrogen and oxygen atoms in total. The standard InChI is InChI=1S/C18H18N2O4/c1-23-14-4-2-3-12(9-14)7-8-19-18(22)13-5-6-16-15(10-13)20-17(21)11-24-16/h2-6,9-10H,7-8,11H2,1H3,(H,19,22)(H,20,21). The summed E-state index contributed by atoms with van der Waals surface area (Å²) >= 11 is 0. The Hall–Kier alpha value is -3.02. The average Bonchev–Trinajstić information content (AvgIpc) is 2.61. The van der Waals surface area contributed by atoms with Crippen LogP contribution in [0.25, 0.3) is 0 Å². The molecule has 2 aromatic carbocycles. The molecule has 0 aliphatic carbocycles. The SMILES string of the molecule is COc1cccc(CCNC(=O)c2ccc3c(c2)NC(=O)CO3)c1. The molecule has 2 N–H and O–H groups in total. The van der Waals surface area contributed by atoms with Crippen molar-refractivity contribution in [2.24, 2.45) is 0 Å². The molecule has 3 rings (SSSR count). The zero-order valence-corrected chi connectivity index (χ0v) is 13.3. The summed E-state index contributed by atoms with van der Waals surface area (Å²) in [5.74, 6) is 0.949. The lowest BCUT2D eigenvalue weighted by Crippen LogP contribution is -2.28. The number of fused-ring (bicyclic) bond motifs is 1. The molecule has 2 aromatic rings. The van der Waals surface area contributed by atoms with Crippen molar-refractivity contribution >= 4 is 17.5 Å². The fourth-order valence-electron chi connectivity index (χ4n) is 2.47. The fourth-order valence-corrected chi connectivity index (χ4v) is 2.47. The maximum Gasteiger partial charge on any atom is 0.262 e. The second-order valence-corrected chi connectivity index (χ2v) is 5.41. The summed E-state index contributed by atoms with van der Waals surface area (Å²) in [6.07, 6.45) is 0.702. The van der Waals surface area contributed by atoms with Crippen LogP contribution in [0.1, 0.15) is 15.9 Å². The summed E-state index contributed by atoms with van der Waals surface area (Å²) in [5, 5.41) is 5.56. The third kappa shape index (κ3) is 3.65. The Bertz CT molecular complexity index is 773. The third-order valence-electron chi connectivity index (χ3n) is 3.71. The molecule has 1 aliphatic heterocycles. The predicted octanol–water partition coefficient (Wildman–Crippen LogP) is 2.00. The third-order valence-corrected chi connectivity index (χ3v) is 3.71. The molecule has 124 valence electrons. The Morgan fingerprint density at radius 1 is 1.29 bits per heavy atom. The van der Waals surface area contributed by atoms with E-state index in [-0.39, 0.29) is 18.4 Å². The minimum atomic E-state index is -0.224. The molecule has 0 atom stereocenters. The van der Waals surface area contributed by atoms with E-state index in [1.54, 1.807) is 25.3 Å². The highest BCUT2D eigenvalue weighted by Gasteiger charge is 2.17. The van der Waals surface area contributed by atoms with Crippen LogP contribution >= 0.6 is 0 Å². The zero-order chi connectivity index (χ0) is 16.9. The molecule has 24 heavy (non-hydrogen) atoms. The maximum atomic E-state index is 12.2. The van der Waals surface area contributed by atoms with Crippen LogP contribution in [0.3, 0.4) is 0 Å². The van der Waals surface area contributed by atoms with E-state index < -0.39 is 0 Å². The minimum absolute atomic E-state index is 0.000912. The van der Waals surface area contributed by atoms with Crippen LogP contribution in [-0.2, 0) is 11.2 Å². The number of ether oxygens (including phenoxy) is 2. The van der Waals surface area contributed by atoms with Crippen molar-refractivity contribution in [2.75, 3.05) is 25.6 Å². The van der Waals surface area contributed by atoms with Gasteiger partial charge in [0.2, 0.25) is 0 Å². The maximum absolute atomic E-state index is 12.2. The Labute approximate surface area is 139 Å². The highest BCUT2D eigenvalue weighted by Crippen LogP contribution is 2.28. The van der Waals surface area contributed by atoms with Gasteiger partial charge in [-0.25, -0.2) is 0 Å². The van der Waals surface area contributed by atoms with Crippen LogP contribution in [0, 0.1) is 0 Å². The molecule has 0 unspecified atom stereocenters. The smallest absolute Gasteiger partial charge is 0.262 e. The first-order valence-electron chi connectivity index (χ1n) is 7.63. The summed E-state index contributed by atoms with van der Waals surface area (Å²) in [6.45, 7) is 0.505. The van der Waals surface area contributed by atoms with E-state index in [0.29, 0.717) is 30.0 Å². The van der Waals surface area contributed by atoms with Gasteiger partial charge in [-0.3, -0.25) is 9.59 Å². The number of carbonyl (C=O) groups excluding carboxylic acids is 2. The van der Waals surface area contributed by atoms with Crippen LogP contribution in [0.5, 0.6) is 11.5 Å². The summed E-state index contributed by atoms with van der Waals surface area (Å²) < 4.78 is 10.5. The van der Waals surface area contributed by atoms with Crippen molar-refractivity contribution in [3.05, 3.63) is 53.6 Å². The number of methoxy groups -OCH3 is 1. The number of carbonyl (C=O) groups is 2. The van der Waals surface area contributed by atoms with Gasteiger partial charge in [0.1, 0.15) is 11.5 Å². The van der Waals surface area contributed by atoms with Crippen LogP contribution in [0.15, 0.2) is 42.5 Å². The van der Waals surface area contributed by atoms with Crippen molar-refractivity contribution in [1.29, 1.82) is 0 Å². The van der Waals surface area contributed by atoms with E-state index in [0.717, 1.165) is 11.3 Å². The minimum Gasteiger partial charge on any atom is -0.497 e.